The second-order valence-electron chi connectivity index (χ2n) is 4.91. The van der Waals surface area contributed by atoms with E-state index in [0.717, 1.165) is 0 Å². The van der Waals surface area contributed by atoms with Crippen LogP contribution >= 0.6 is 0 Å². The summed E-state index contributed by atoms with van der Waals surface area (Å²) < 4.78 is 5.48. The van der Waals surface area contributed by atoms with Gasteiger partial charge in [0.25, 0.3) is 0 Å². The molecule has 3 N–H and O–H groups in total. The lowest BCUT2D eigenvalue weighted by atomic mass is 10.2. The van der Waals surface area contributed by atoms with E-state index in [1.165, 1.54) is 0 Å². The number of benzene rings is 1. The lowest BCUT2D eigenvalue weighted by molar-refractivity contribution is -0.136. The molecule has 2 amide bonds. The van der Waals surface area contributed by atoms with Crippen molar-refractivity contribution >= 4 is 17.5 Å². The van der Waals surface area contributed by atoms with Crippen LogP contribution in [0.15, 0.2) is 24.3 Å². The zero-order chi connectivity index (χ0) is 15.8. The quantitative estimate of drug-likeness (QED) is 0.690. The average Bonchev–Trinajstić information content (AvgIpc) is 2.45. The summed E-state index contributed by atoms with van der Waals surface area (Å²) in [6.07, 6.45) is 0.622. The van der Waals surface area contributed by atoms with E-state index < -0.39 is 17.9 Å². The van der Waals surface area contributed by atoms with Gasteiger partial charge in [0.2, 0.25) is 0 Å². The number of rotatable bonds is 6. The third-order valence-electron chi connectivity index (χ3n) is 2.74. The van der Waals surface area contributed by atoms with E-state index >= 15 is 0 Å². The highest BCUT2D eigenvalue weighted by Crippen LogP contribution is 2.16. The number of nitrogens with one attached hydrogen (secondary N) is 2. The van der Waals surface area contributed by atoms with Crippen LogP contribution in [0.3, 0.4) is 0 Å². The normalized spacial score (nSPS) is 11.9. The Morgan fingerprint density at radius 2 is 1.81 bits per heavy atom. The molecule has 0 bridgehead atoms. The summed E-state index contributed by atoms with van der Waals surface area (Å²) in [6, 6.07) is 6.34. The molecule has 0 fully saturated rings. The number of aliphatic hydroxyl groups is 1. The molecule has 0 heterocycles. The summed E-state index contributed by atoms with van der Waals surface area (Å²) in [6.45, 7) is 5.46. The van der Waals surface area contributed by atoms with Crippen LogP contribution in [0.25, 0.3) is 0 Å². The number of amides is 2. The standard InChI is InChI=1S/C15H22N2O4/c1-4-11(9-18)16-14(19)15(20)17-12-5-7-13(8-6-12)21-10(2)3/h5-8,10-11,18H,4,9H2,1-3H3,(H,16,19)(H,17,20)/t11-/m0/s1. The number of anilines is 1. The fraction of sp³-hybridized carbons (Fsp3) is 0.467. The first-order chi connectivity index (χ1) is 9.96. The van der Waals surface area contributed by atoms with E-state index in [1.54, 1.807) is 24.3 Å². The minimum atomic E-state index is -0.765. The zero-order valence-corrected chi connectivity index (χ0v) is 12.6. The summed E-state index contributed by atoms with van der Waals surface area (Å²) in [5.74, 6) is -0.836. The van der Waals surface area contributed by atoms with E-state index in [-0.39, 0.29) is 12.7 Å². The molecule has 1 aromatic rings. The van der Waals surface area contributed by atoms with Crippen molar-refractivity contribution in [1.29, 1.82) is 0 Å². The molecule has 1 atom stereocenters. The maximum absolute atomic E-state index is 11.7. The number of aliphatic hydroxyl groups excluding tert-OH is 1. The molecule has 116 valence electrons. The molecule has 6 heteroatoms. The molecule has 21 heavy (non-hydrogen) atoms. The fourth-order valence-electron chi connectivity index (χ4n) is 1.60. The molecule has 0 aliphatic carbocycles. The summed E-state index contributed by atoms with van der Waals surface area (Å²) >= 11 is 0. The number of carbonyl (C=O) groups is 2. The fourth-order valence-corrected chi connectivity index (χ4v) is 1.60. The van der Waals surface area contributed by atoms with Gasteiger partial charge in [-0.25, -0.2) is 0 Å². The Bertz CT molecular complexity index is 467. The summed E-state index contributed by atoms with van der Waals surface area (Å²) in [5.41, 5.74) is 0.503. The SMILES string of the molecule is CC[C@@H](CO)NC(=O)C(=O)Nc1ccc(OC(C)C)cc1. The molecule has 0 saturated carbocycles. The second kappa shape index (κ2) is 8.26. The van der Waals surface area contributed by atoms with Gasteiger partial charge in [0.15, 0.2) is 0 Å². The van der Waals surface area contributed by atoms with Crippen LogP contribution in [0.1, 0.15) is 27.2 Å². The Balaban J connectivity index is 2.56. The van der Waals surface area contributed by atoms with Crippen molar-refractivity contribution in [3.8, 4) is 5.75 Å². The maximum Gasteiger partial charge on any atom is 0.313 e. The van der Waals surface area contributed by atoms with E-state index in [4.69, 9.17) is 9.84 Å². The molecule has 0 aromatic heterocycles. The van der Waals surface area contributed by atoms with Gasteiger partial charge in [0.05, 0.1) is 18.8 Å². The van der Waals surface area contributed by atoms with Gasteiger partial charge in [0.1, 0.15) is 5.75 Å². The van der Waals surface area contributed by atoms with Crippen molar-refractivity contribution < 1.29 is 19.4 Å². The molecule has 0 saturated heterocycles. The Labute approximate surface area is 124 Å². The number of ether oxygens (including phenoxy) is 1. The predicted molar refractivity (Wildman–Crippen MR) is 80.1 cm³/mol. The van der Waals surface area contributed by atoms with Crippen molar-refractivity contribution in [3.05, 3.63) is 24.3 Å². The second-order valence-corrected chi connectivity index (χ2v) is 4.91. The lowest BCUT2D eigenvalue weighted by Gasteiger charge is -2.14. The molecule has 1 rings (SSSR count). The minimum Gasteiger partial charge on any atom is -0.491 e. The molecule has 0 aliphatic rings. The number of hydrogen-bond donors (Lipinski definition) is 3. The monoisotopic (exact) mass is 294 g/mol. The highest BCUT2D eigenvalue weighted by molar-refractivity contribution is 6.39. The molecule has 0 radical (unpaired) electrons. The molecular formula is C15H22N2O4. The van der Waals surface area contributed by atoms with E-state index in [1.807, 2.05) is 20.8 Å². The highest BCUT2D eigenvalue weighted by atomic mass is 16.5. The topological polar surface area (TPSA) is 87.7 Å². The average molecular weight is 294 g/mol. The van der Waals surface area contributed by atoms with Gasteiger partial charge in [-0.15, -0.1) is 0 Å². The van der Waals surface area contributed by atoms with Crippen LogP contribution in [0, 0.1) is 0 Å². The van der Waals surface area contributed by atoms with Gasteiger partial charge in [-0.1, -0.05) is 6.92 Å². The Morgan fingerprint density at radius 3 is 2.29 bits per heavy atom. The van der Waals surface area contributed by atoms with Crippen molar-refractivity contribution in [3.63, 3.8) is 0 Å². The first-order valence-electron chi connectivity index (χ1n) is 6.95. The van der Waals surface area contributed by atoms with Crippen LogP contribution in [0.4, 0.5) is 5.69 Å². The smallest absolute Gasteiger partial charge is 0.313 e. The van der Waals surface area contributed by atoms with Crippen LogP contribution in [0.2, 0.25) is 0 Å². The maximum atomic E-state index is 11.7. The number of carbonyl (C=O) groups excluding carboxylic acids is 2. The summed E-state index contributed by atoms with van der Waals surface area (Å²) in [5, 5.41) is 13.9. The molecule has 6 nitrogen and oxygen atoms in total. The van der Waals surface area contributed by atoms with Gasteiger partial charge < -0.3 is 20.5 Å². The van der Waals surface area contributed by atoms with Gasteiger partial charge in [-0.05, 0) is 44.5 Å². The molecule has 0 aliphatic heterocycles. The van der Waals surface area contributed by atoms with Crippen molar-refractivity contribution in [2.24, 2.45) is 0 Å². The largest absolute Gasteiger partial charge is 0.491 e. The molecule has 1 aromatic carbocycles. The third kappa shape index (κ3) is 5.83. The Hall–Kier alpha value is -2.08. The van der Waals surface area contributed by atoms with Crippen LogP contribution in [0.5, 0.6) is 5.75 Å². The molecule has 0 spiro atoms. The number of hydrogen-bond acceptors (Lipinski definition) is 4. The zero-order valence-electron chi connectivity index (χ0n) is 12.6. The lowest BCUT2D eigenvalue weighted by Crippen LogP contribution is -2.43. The van der Waals surface area contributed by atoms with Gasteiger partial charge in [-0.3, -0.25) is 9.59 Å². The van der Waals surface area contributed by atoms with E-state index in [0.29, 0.717) is 17.9 Å². The van der Waals surface area contributed by atoms with Crippen molar-refractivity contribution in [2.75, 3.05) is 11.9 Å². The van der Waals surface area contributed by atoms with Crippen LogP contribution in [-0.2, 0) is 9.59 Å². The molecular weight excluding hydrogens is 272 g/mol. The first-order valence-corrected chi connectivity index (χ1v) is 6.95. The highest BCUT2D eigenvalue weighted by Gasteiger charge is 2.17. The molecule has 0 unspecified atom stereocenters. The van der Waals surface area contributed by atoms with Gasteiger partial charge >= 0.3 is 11.8 Å². The van der Waals surface area contributed by atoms with Gasteiger partial charge in [0, 0.05) is 5.69 Å². The summed E-state index contributed by atoms with van der Waals surface area (Å²) in [4.78, 5) is 23.3. The predicted octanol–water partition coefficient (Wildman–Crippen LogP) is 1.30. The first kappa shape index (κ1) is 17.0. The summed E-state index contributed by atoms with van der Waals surface area (Å²) in [7, 11) is 0. The Kier molecular flexibility index (Phi) is 6.68. The van der Waals surface area contributed by atoms with Crippen molar-refractivity contribution in [2.45, 2.75) is 39.3 Å². The van der Waals surface area contributed by atoms with E-state index in [2.05, 4.69) is 10.6 Å². The minimum absolute atomic E-state index is 0.0701. The van der Waals surface area contributed by atoms with Crippen LogP contribution in [-0.4, -0.2) is 35.7 Å². The van der Waals surface area contributed by atoms with Crippen LogP contribution < -0.4 is 15.4 Å². The van der Waals surface area contributed by atoms with Gasteiger partial charge in [-0.2, -0.15) is 0 Å². The van der Waals surface area contributed by atoms with Crippen molar-refractivity contribution in [1.82, 2.24) is 5.32 Å². The van der Waals surface area contributed by atoms with E-state index in [9.17, 15) is 9.59 Å². The Morgan fingerprint density at radius 1 is 1.19 bits per heavy atom. The third-order valence-corrected chi connectivity index (χ3v) is 2.74.